The van der Waals surface area contributed by atoms with Gasteiger partial charge in [-0.1, -0.05) is 19.8 Å². The minimum absolute atomic E-state index is 0.117. The molecule has 1 N–H and O–H groups in total. The predicted octanol–water partition coefficient (Wildman–Crippen LogP) is 5.12. The van der Waals surface area contributed by atoms with Crippen LogP contribution in [0, 0.1) is 17.1 Å². The highest BCUT2D eigenvalue weighted by Gasteiger charge is 2.45. The number of benzene rings is 1. The summed E-state index contributed by atoms with van der Waals surface area (Å²) in [5.74, 6) is -1.11. The number of pyridine rings is 1. The van der Waals surface area contributed by atoms with Crippen LogP contribution in [0.1, 0.15) is 68.3 Å². The number of hydrogen-bond donors (Lipinski definition) is 1. The molecule has 0 radical (unpaired) electrons. The third-order valence-electron chi connectivity index (χ3n) is 6.86. The summed E-state index contributed by atoms with van der Waals surface area (Å²) in [5.41, 5.74) is 2.30. The quantitative estimate of drug-likeness (QED) is 0.545. The second-order valence-corrected chi connectivity index (χ2v) is 10.8. The van der Waals surface area contributed by atoms with Crippen molar-refractivity contribution in [3.63, 3.8) is 0 Å². The summed E-state index contributed by atoms with van der Waals surface area (Å²) in [4.78, 5) is 5.97. The van der Waals surface area contributed by atoms with Crippen molar-refractivity contribution in [3.8, 4) is 6.07 Å². The Morgan fingerprint density at radius 3 is 2.49 bits per heavy atom. The molecule has 2 aliphatic rings. The fourth-order valence-corrected chi connectivity index (χ4v) is 6.17. The number of nitrogens with one attached hydrogen (secondary N) is 1. The van der Waals surface area contributed by atoms with Gasteiger partial charge < -0.3 is 4.90 Å². The number of rotatable bonds is 6. The van der Waals surface area contributed by atoms with E-state index in [1.165, 1.54) is 18.2 Å². The highest BCUT2D eigenvalue weighted by molar-refractivity contribution is 7.89. The standard InChI is InChI=1S/C24H26F4N4O2S/c1-3-15-10-22-18(11-20(15)25)19(12-29)23(32(22)16-6-4-5-7-16)21-9-8-17(13-30-21)35(33,34)31-14(2)24(26,27)28/h8-11,13-14,16,19,23,31H,3-7H2,1-2H3/t14-,19?,23?/m1/s1. The number of halogens is 4. The summed E-state index contributed by atoms with van der Waals surface area (Å²) >= 11 is 0. The number of sulfonamides is 1. The maximum Gasteiger partial charge on any atom is 0.404 e. The Morgan fingerprint density at radius 2 is 1.94 bits per heavy atom. The molecule has 3 atom stereocenters. The Hall–Kier alpha value is -2.71. The Labute approximate surface area is 202 Å². The highest BCUT2D eigenvalue weighted by atomic mass is 32.2. The lowest BCUT2D eigenvalue weighted by Gasteiger charge is -2.34. The molecule has 1 saturated carbocycles. The van der Waals surface area contributed by atoms with Crippen LogP contribution in [0.15, 0.2) is 35.4 Å². The van der Waals surface area contributed by atoms with Gasteiger partial charge in [0.15, 0.2) is 0 Å². The van der Waals surface area contributed by atoms with Gasteiger partial charge in [-0.05, 0) is 61.6 Å². The van der Waals surface area contributed by atoms with Crippen LogP contribution in [-0.2, 0) is 16.4 Å². The number of nitrogens with zero attached hydrogens (tertiary/aromatic N) is 3. The summed E-state index contributed by atoms with van der Waals surface area (Å²) < 4.78 is 79.7. The number of nitriles is 1. The molecule has 1 fully saturated rings. The second-order valence-electron chi connectivity index (χ2n) is 9.06. The zero-order chi connectivity index (χ0) is 25.5. The summed E-state index contributed by atoms with van der Waals surface area (Å²) in [5, 5.41) is 10.0. The molecular formula is C24H26F4N4O2S. The Bertz CT molecular complexity index is 1240. The van der Waals surface area contributed by atoms with Gasteiger partial charge in [-0.25, -0.2) is 12.8 Å². The maximum absolute atomic E-state index is 14.7. The van der Waals surface area contributed by atoms with Gasteiger partial charge in [0.2, 0.25) is 10.0 Å². The molecule has 1 aliphatic carbocycles. The fourth-order valence-electron chi connectivity index (χ4n) is 5.00. The van der Waals surface area contributed by atoms with E-state index in [1.807, 2.05) is 6.92 Å². The SMILES string of the molecule is CCc1cc2c(cc1F)C(C#N)C(c1ccc(S(=O)(=O)N[C@H](C)C(F)(F)F)cn1)N2C1CCCC1. The zero-order valence-electron chi connectivity index (χ0n) is 19.3. The lowest BCUT2D eigenvalue weighted by molar-refractivity contribution is -0.147. The molecule has 1 aromatic carbocycles. The highest BCUT2D eigenvalue weighted by Crippen LogP contribution is 2.52. The zero-order valence-corrected chi connectivity index (χ0v) is 20.1. The van der Waals surface area contributed by atoms with Crippen LogP contribution in [0.2, 0.25) is 0 Å². The van der Waals surface area contributed by atoms with Gasteiger partial charge in [-0.2, -0.15) is 23.2 Å². The second kappa shape index (κ2) is 9.39. The van der Waals surface area contributed by atoms with Crippen LogP contribution in [0.25, 0.3) is 0 Å². The van der Waals surface area contributed by atoms with Crippen molar-refractivity contribution in [3.05, 3.63) is 53.1 Å². The van der Waals surface area contributed by atoms with Crippen molar-refractivity contribution in [2.45, 2.75) is 81.1 Å². The van der Waals surface area contributed by atoms with Crippen molar-refractivity contribution < 1.29 is 26.0 Å². The maximum atomic E-state index is 14.7. The number of alkyl halides is 3. The summed E-state index contributed by atoms with van der Waals surface area (Å²) in [7, 11) is -4.46. The van der Waals surface area contributed by atoms with E-state index in [1.54, 1.807) is 10.8 Å². The van der Waals surface area contributed by atoms with E-state index in [9.17, 15) is 31.2 Å². The predicted molar refractivity (Wildman–Crippen MR) is 122 cm³/mol. The molecule has 0 amide bonds. The molecule has 35 heavy (non-hydrogen) atoms. The van der Waals surface area contributed by atoms with Gasteiger partial charge in [-0.15, -0.1) is 0 Å². The number of aromatic nitrogens is 1. The van der Waals surface area contributed by atoms with Gasteiger partial charge in [0.05, 0.1) is 23.7 Å². The van der Waals surface area contributed by atoms with Gasteiger partial charge in [0.25, 0.3) is 0 Å². The molecule has 0 saturated heterocycles. The Kier molecular flexibility index (Phi) is 6.81. The number of hydrogen-bond acceptors (Lipinski definition) is 5. The van der Waals surface area contributed by atoms with Crippen LogP contribution >= 0.6 is 0 Å². The van der Waals surface area contributed by atoms with E-state index in [0.29, 0.717) is 23.2 Å². The van der Waals surface area contributed by atoms with Crippen molar-refractivity contribution in [2.24, 2.45) is 0 Å². The van der Waals surface area contributed by atoms with Crippen molar-refractivity contribution in [2.75, 3.05) is 4.90 Å². The van der Waals surface area contributed by atoms with E-state index in [0.717, 1.165) is 44.5 Å². The lowest BCUT2D eigenvalue weighted by Crippen LogP contribution is -2.43. The molecule has 1 aromatic heterocycles. The molecule has 188 valence electrons. The topological polar surface area (TPSA) is 86.1 Å². The monoisotopic (exact) mass is 510 g/mol. The van der Waals surface area contributed by atoms with Crippen LogP contribution in [0.3, 0.4) is 0 Å². The van der Waals surface area contributed by atoms with Crippen LogP contribution in [0.5, 0.6) is 0 Å². The van der Waals surface area contributed by atoms with Crippen LogP contribution in [0.4, 0.5) is 23.2 Å². The average Bonchev–Trinajstić information content (AvgIpc) is 3.43. The molecule has 6 nitrogen and oxygen atoms in total. The number of anilines is 1. The molecule has 4 rings (SSSR count). The van der Waals surface area contributed by atoms with E-state index in [-0.39, 0.29) is 11.9 Å². The lowest BCUT2D eigenvalue weighted by atomic mass is 9.93. The van der Waals surface area contributed by atoms with Crippen molar-refractivity contribution in [1.29, 1.82) is 5.26 Å². The van der Waals surface area contributed by atoms with E-state index < -0.39 is 39.1 Å². The molecule has 1 aliphatic heterocycles. The molecule has 2 heterocycles. The van der Waals surface area contributed by atoms with E-state index in [2.05, 4.69) is 16.0 Å². The molecule has 0 bridgehead atoms. The van der Waals surface area contributed by atoms with Crippen molar-refractivity contribution in [1.82, 2.24) is 9.71 Å². The van der Waals surface area contributed by atoms with Crippen molar-refractivity contribution >= 4 is 15.7 Å². The van der Waals surface area contributed by atoms with Gasteiger partial charge >= 0.3 is 6.18 Å². The normalized spacial score (nSPS) is 21.7. The molecule has 11 heteroatoms. The third-order valence-corrected chi connectivity index (χ3v) is 8.38. The largest absolute Gasteiger partial charge is 0.404 e. The summed E-state index contributed by atoms with van der Waals surface area (Å²) in [6.45, 7) is 2.57. The molecule has 0 spiro atoms. The van der Waals surface area contributed by atoms with E-state index in [4.69, 9.17) is 0 Å². The first-order valence-electron chi connectivity index (χ1n) is 11.5. The average molecular weight is 511 g/mol. The first kappa shape index (κ1) is 25.4. The van der Waals surface area contributed by atoms with Crippen LogP contribution < -0.4 is 9.62 Å². The molecular weight excluding hydrogens is 484 g/mol. The third kappa shape index (κ3) is 4.74. The minimum Gasteiger partial charge on any atom is -0.358 e. The summed E-state index contributed by atoms with van der Waals surface area (Å²) in [6, 6.07) is 5.37. The number of aryl methyl sites for hydroxylation is 1. The Morgan fingerprint density at radius 1 is 1.26 bits per heavy atom. The molecule has 2 unspecified atom stereocenters. The van der Waals surface area contributed by atoms with Gasteiger partial charge in [0.1, 0.15) is 16.8 Å². The van der Waals surface area contributed by atoms with Gasteiger partial charge in [0, 0.05) is 17.9 Å². The first-order chi connectivity index (χ1) is 16.5. The molecule has 2 aromatic rings. The Balaban J connectivity index is 1.73. The first-order valence-corrected chi connectivity index (χ1v) is 13.0. The van der Waals surface area contributed by atoms with E-state index >= 15 is 0 Å². The minimum atomic E-state index is -4.73. The van der Waals surface area contributed by atoms with Crippen LogP contribution in [-0.4, -0.2) is 31.7 Å². The smallest absolute Gasteiger partial charge is 0.358 e. The fraction of sp³-hybridized carbons (Fsp3) is 0.500. The van der Waals surface area contributed by atoms with Gasteiger partial charge in [-0.3, -0.25) is 4.98 Å². The summed E-state index contributed by atoms with van der Waals surface area (Å²) in [6.07, 6.45) is 0.615. The number of fused-ring (bicyclic) bond motifs is 1.